The summed E-state index contributed by atoms with van der Waals surface area (Å²) in [6.45, 7) is 2.01. The predicted octanol–water partition coefficient (Wildman–Crippen LogP) is 3.29. The molecule has 1 unspecified atom stereocenters. The molecule has 9 heteroatoms. The lowest BCUT2D eigenvalue weighted by atomic mass is 9.95. The van der Waals surface area contributed by atoms with E-state index in [1.165, 1.54) is 12.3 Å². The minimum atomic E-state index is -5.40. The summed E-state index contributed by atoms with van der Waals surface area (Å²) in [5.74, 6) is -3.48. The van der Waals surface area contributed by atoms with Gasteiger partial charge < -0.3 is 5.32 Å². The van der Waals surface area contributed by atoms with E-state index in [0.717, 1.165) is 11.7 Å². The van der Waals surface area contributed by atoms with Gasteiger partial charge in [0, 0.05) is 12.7 Å². The molecule has 3 nitrogen and oxygen atoms in total. The van der Waals surface area contributed by atoms with Crippen LogP contribution in [0.2, 0.25) is 0 Å². The Bertz CT molecular complexity index is 409. The summed E-state index contributed by atoms with van der Waals surface area (Å²) in [4.78, 5) is 0. The molecule has 1 aromatic heterocycles. The van der Waals surface area contributed by atoms with E-state index in [9.17, 15) is 26.3 Å². The molecule has 116 valence electrons. The van der Waals surface area contributed by atoms with Crippen molar-refractivity contribution in [2.75, 3.05) is 7.05 Å². The minimum absolute atomic E-state index is 0.131. The van der Waals surface area contributed by atoms with E-state index in [-0.39, 0.29) is 12.2 Å². The van der Waals surface area contributed by atoms with Crippen molar-refractivity contribution in [3.05, 3.63) is 18.0 Å². The van der Waals surface area contributed by atoms with Gasteiger partial charge in [-0.3, -0.25) is 4.68 Å². The summed E-state index contributed by atoms with van der Waals surface area (Å²) in [6, 6.07) is -0.759. The first-order valence-corrected chi connectivity index (χ1v) is 5.95. The molecule has 0 spiro atoms. The molecule has 1 aromatic rings. The molecule has 0 aliphatic rings. The SMILES string of the molecule is CCCn1nccc1C(NC)C(C(F)(F)F)C(F)(F)F. The fraction of sp³-hybridized carbons (Fsp3) is 0.727. The van der Waals surface area contributed by atoms with Gasteiger partial charge in [0.05, 0.1) is 11.7 Å². The third-order valence-electron chi connectivity index (χ3n) is 2.85. The van der Waals surface area contributed by atoms with Gasteiger partial charge in [-0.15, -0.1) is 0 Å². The maximum Gasteiger partial charge on any atom is 0.402 e. The van der Waals surface area contributed by atoms with Crippen molar-refractivity contribution < 1.29 is 26.3 Å². The fourth-order valence-corrected chi connectivity index (χ4v) is 2.05. The first-order chi connectivity index (χ1) is 9.12. The molecule has 0 saturated heterocycles. The Morgan fingerprint density at radius 1 is 1.20 bits per heavy atom. The average Bonchev–Trinajstić information content (AvgIpc) is 2.70. The van der Waals surface area contributed by atoms with Crippen LogP contribution in [0.5, 0.6) is 0 Å². The smallest absolute Gasteiger partial charge is 0.311 e. The summed E-state index contributed by atoms with van der Waals surface area (Å²) in [6.07, 6.45) is -9.05. The highest BCUT2D eigenvalue weighted by molar-refractivity contribution is 5.11. The maximum atomic E-state index is 12.8. The highest BCUT2D eigenvalue weighted by Crippen LogP contribution is 2.46. The normalized spacial score (nSPS) is 14.8. The van der Waals surface area contributed by atoms with Crippen molar-refractivity contribution in [3.8, 4) is 0 Å². The van der Waals surface area contributed by atoms with Gasteiger partial charge in [0.1, 0.15) is 0 Å². The molecule has 0 radical (unpaired) electrons. The van der Waals surface area contributed by atoms with Crippen LogP contribution in [0, 0.1) is 5.92 Å². The van der Waals surface area contributed by atoms with Crippen LogP contribution in [0.15, 0.2) is 12.3 Å². The van der Waals surface area contributed by atoms with E-state index in [0.29, 0.717) is 6.42 Å². The van der Waals surface area contributed by atoms with Gasteiger partial charge in [0.15, 0.2) is 5.92 Å². The number of rotatable bonds is 5. The zero-order valence-electron chi connectivity index (χ0n) is 10.9. The lowest BCUT2D eigenvalue weighted by molar-refractivity contribution is -0.292. The Morgan fingerprint density at radius 2 is 1.75 bits per heavy atom. The number of nitrogens with one attached hydrogen (secondary N) is 1. The van der Waals surface area contributed by atoms with E-state index in [4.69, 9.17) is 0 Å². The minimum Gasteiger partial charge on any atom is -0.311 e. The molecule has 1 heterocycles. The molecule has 1 rings (SSSR count). The van der Waals surface area contributed by atoms with Gasteiger partial charge in [-0.05, 0) is 19.5 Å². The monoisotopic (exact) mass is 303 g/mol. The van der Waals surface area contributed by atoms with Gasteiger partial charge in [0.2, 0.25) is 0 Å². The van der Waals surface area contributed by atoms with Crippen LogP contribution in [0.3, 0.4) is 0 Å². The van der Waals surface area contributed by atoms with Crippen LogP contribution in [0.25, 0.3) is 0 Å². The highest BCUT2D eigenvalue weighted by atomic mass is 19.4. The number of hydrogen-bond acceptors (Lipinski definition) is 2. The lowest BCUT2D eigenvalue weighted by Gasteiger charge is -2.30. The van der Waals surface area contributed by atoms with E-state index >= 15 is 0 Å². The third-order valence-corrected chi connectivity index (χ3v) is 2.85. The van der Waals surface area contributed by atoms with Crippen LogP contribution >= 0.6 is 0 Å². The van der Waals surface area contributed by atoms with Crippen molar-refractivity contribution in [2.45, 2.75) is 38.3 Å². The number of alkyl halides is 6. The number of hydrogen-bond donors (Lipinski definition) is 1. The molecule has 0 aliphatic heterocycles. The van der Waals surface area contributed by atoms with Crippen LogP contribution in [-0.2, 0) is 6.54 Å². The average molecular weight is 303 g/mol. The molecule has 0 saturated carbocycles. The first kappa shape index (κ1) is 16.8. The summed E-state index contributed by atoms with van der Waals surface area (Å²) in [7, 11) is 1.07. The molecule has 1 N–H and O–H groups in total. The Balaban J connectivity index is 3.24. The Hall–Kier alpha value is -1.25. The van der Waals surface area contributed by atoms with E-state index < -0.39 is 24.3 Å². The Morgan fingerprint density at radius 3 is 2.15 bits per heavy atom. The maximum absolute atomic E-state index is 12.8. The molecule has 0 bridgehead atoms. The van der Waals surface area contributed by atoms with E-state index in [1.54, 1.807) is 6.92 Å². The van der Waals surface area contributed by atoms with Crippen molar-refractivity contribution in [1.82, 2.24) is 15.1 Å². The summed E-state index contributed by atoms with van der Waals surface area (Å²) < 4.78 is 77.8. The fourth-order valence-electron chi connectivity index (χ4n) is 2.05. The van der Waals surface area contributed by atoms with Crippen molar-refractivity contribution >= 4 is 0 Å². The molecular formula is C11H15F6N3. The van der Waals surface area contributed by atoms with Crippen molar-refractivity contribution in [2.24, 2.45) is 5.92 Å². The van der Waals surface area contributed by atoms with Gasteiger partial charge in [-0.25, -0.2) is 0 Å². The summed E-state index contributed by atoms with van der Waals surface area (Å²) in [5, 5.41) is 5.88. The number of nitrogens with zero attached hydrogens (tertiary/aromatic N) is 2. The molecule has 0 amide bonds. The standard InChI is InChI=1S/C11H15F6N3/c1-3-6-20-7(4-5-19-20)8(18-2)9(10(12,13)14)11(15,16)17/h4-5,8-9,18H,3,6H2,1-2H3. The third kappa shape index (κ3) is 3.65. The molecule has 0 aromatic carbocycles. The van der Waals surface area contributed by atoms with Crippen LogP contribution < -0.4 is 5.32 Å². The lowest BCUT2D eigenvalue weighted by Crippen LogP contribution is -2.45. The number of aromatic nitrogens is 2. The van der Waals surface area contributed by atoms with Crippen LogP contribution in [-0.4, -0.2) is 29.2 Å². The molecule has 0 aliphatic carbocycles. The largest absolute Gasteiger partial charge is 0.402 e. The Labute approximate surface area is 112 Å². The Kier molecular flexibility index (Phi) is 5.06. The summed E-state index contributed by atoms with van der Waals surface area (Å²) >= 11 is 0. The summed E-state index contributed by atoms with van der Waals surface area (Å²) in [5.41, 5.74) is -0.131. The molecule has 0 fully saturated rings. The quantitative estimate of drug-likeness (QED) is 0.846. The van der Waals surface area contributed by atoms with Crippen LogP contribution in [0.1, 0.15) is 25.1 Å². The van der Waals surface area contributed by atoms with E-state index in [2.05, 4.69) is 10.4 Å². The zero-order chi connectivity index (χ0) is 15.6. The topological polar surface area (TPSA) is 29.9 Å². The van der Waals surface area contributed by atoms with E-state index in [1.807, 2.05) is 0 Å². The van der Waals surface area contributed by atoms with Crippen molar-refractivity contribution in [3.63, 3.8) is 0 Å². The predicted molar refractivity (Wildman–Crippen MR) is 59.9 cm³/mol. The first-order valence-electron chi connectivity index (χ1n) is 5.95. The molecular weight excluding hydrogens is 288 g/mol. The van der Waals surface area contributed by atoms with Crippen molar-refractivity contribution in [1.29, 1.82) is 0 Å². The second kappa shape index (κ2) is 6.02. The van der Waals surface area contributed by atoms with Crippen LogP contribution in [0.4, 0.5) is 26.3 Å². The number of halogens is 6. The van der Waals surface area contributed by atoms with Gasteiger partial charge in [-0.1, -0.05) is 6.92 Å². The second-order valence-electron chi connectivity index (χ2n) is 4.31. The van der Waals surface area contributed by atoms with Gasteiger partial charge in [0.25, 0.3) is 0 Å². The van der Waals surface area contributed by atoms with Gasteiger partial charge >= 0.3 is 12.4 Å². The number of aryl methyl sites for hydroxylation is 1. The second-order valence-corrected chi connectivity index (χ2v) is 4.31. The molecule has 1 atom stereocenters. The van der Waals surface area contributed by atoms with Gasteiger partial charge in [-0.2, -0.15) is 31.4 Å². The molecule has 20 heavy (non-hydrogen) atoms. The zero-order valence-corrected chi connectivity index (χ0v) is 10.9. The highest BCUT2D eigenvalue weighted by Gasteiger charge is 2.60.